The molecule has 1 atom stereocenters. The zero-order valence-electron chi connectivity index (χ0n) is 11.3. The van der Waals surface area contributed by atoms with E-state index < -0.39 is 5.97 Å². The largest absolute Gasteiger partial charge is 0.481 e. The molecule has 1 aliphatic rings. The van der Waals surface area contributed by atoms with Crippen LogP contribution < -0.4 is 0 Å². The van der Waals surface area contributed by atoms with Crippen molar-refractivity contribution in [3.8, 4) is 0 Å². The minimum atomic E-state index is -0.870. The summed E-state index contributed by atoms with van der Waals surface area (Å²) in [4.78, 5) is 24.5. The van der Waals surface area contributed by atoms with Crippen molar-refractivity contribution in [2.75, 3.05) is 18.1 Å². The summed E-state index contributed by atoms with van der Waals surface area (Å²) in [5.74, 6) is -0.555. The molecule has 1 saturated heterocycles. The van der Waals surface area contributed by atoms with Crippen molar-refractivity contribution in [2.45, 2.75) is 25.3 Å². The van der Waals surface area contributed by atoms with Crippen LogP contribution in [0.15, 0.2) is 30.3 Å². The number of rotatable bonds is 6. The Bertz CT molecular complexity index is 463. The van der Waals surface area contributed by atoms with Gasteiger partial charge in [-0.2, -0.15) is 0 Å². The van der Waals surface area contributed by atoms with E-state index in [-0.39, 0.29) is 23.5 Å². The van der Waals surface area contributed by atoms with Crippen LogP contribution in [0, 0.1) is 0 Å². The van der Waals surface area contributed by atoms with Gasteiger partial charge in [0.25, 0.3) is 0 Å². The van der Waals surface area contributed by atoms with Gasteiger partial charge < -0.3 is 10.0 Å². The minimum Gasteiger partial charge on any atom is -0.481 e. The average molecular weight is 293 g/mol. The van der Waals surface area contributed by atoms with Gasteiger partial charge in [-0.3, -0.25) is 9.59 Å². The van der Waals surface area contributed by atoms with Crippen LogP contribution in [-0.4, -0.2) is 46.0 Å². The van der Waals surface area contributed by atoms with Gasteiger partial charge in [0.05, 0.1) is 11.5 Å². The maximum absolute atomic E-state index is 12.1. The Kier molecular flexibility index (Phi) is 5.47. The van der Waals surface area contributed by atoms with Gasteiger partial charge in [-0.15, -0.1) is 11.8 Å². The summed E-state index contributed by atoms with van der Waals surface area (Å²) in [7, 11) is 0. The van der Waals surface area contributed by atoms with Gasteiger partial charge in [-0.05, 0) is 24.8 Å². The molecule has 1 N–H and O–H groups in total. The first-order valence-electron chi connectivity index (χ1n) is 6.80. The number of carbonyl (C=O) groups is 2. The molecular formula is C15H19NO3S. The van der Waals surface area contributed by atoms with E-state index in [1.165, 1.54) is 17.3 Å². The number of amides is 1. The van der Waals surface area contributed by atoms with Crippen LogP contribution in [0.3, 0.4) is 0 Å². The summed E-state index contributed by atoms with van der Waals surface area (Å²) in [6.45, 7) is 0.796. The van der Waals surface area contributed by atoms with E-state index in [9.17, 15) is 9.59 Å². The minimum absolute atomic E-state index is 0.0110. The Morgan fingerprint density at radius 2 is 2.00 bits per heavy atom. The third-order valence-corrected chi connectivity index (χ3v) is 4.36. The third-order valence-electron chi connectivity index (χ3n) is 3.46. The van der Waals surface area contributed by atoms with Gasteiger partial charge in [0.15, 0.2) is 0 Å². The predicted molar refractivity (Wildman–Crippen MR) is 79.8 cm³/mol. The highest BCUT2D eigenvalue weighted by Crippen LogP contribution is 2.22. The third kappa shape index (κ3) is 4.27. The normalized spacial score (nSPS) is 18.2. The van der Waals surface area contributed by atoms with Gasteiger partial charge in [0.2, 0.25) is 5.91 Å². The maximum atomic E-state index is 12.1. The summed E-state index contributed by atoms with van der Waals surface area (Å²) in [6.07, 6.45) is 2.95. The Labute approximate surface area is 123 Å². The average Bonchev–Trinajstić information content (AvgIpc) is 2.87. The number of benzene rings is 1. The number of carboxylic acids is 1. The van der Waals surface area contributed by atoms with Crippen LogP contribution in [0.5, 0.6) is 0 Å². The number of carbonyl (C=O) groups excluding carboxylic acids is 1. The molecule has 5 heteroatoms. The number of thioether (sulfide) groups is 1. The molecule has 0 radical (unpaired) electrons. The SMILES string of the molecule is O=C(O)CSCC(=O)N1CCCC1Cc1ccccc1. The van der Waals surface area contributed by atoms with Crippen molar-refractivity contribution >= 4 is 23.6 Å². The first-order valence-corrected chi connectivity index (χ1v) is 7.95. The lowest BCUT2D eigenvalue weighted by Gasteiger charge is -2.24. The van der Waals surface area contributed by atoms with Crippen molar-refractivity contribution in [1.82, 2.24) is 4.90 Å². The van der Waals surface area contributed by atoms with Crippen LogP contribution >= 0.6 is 11.8 Å². The monoisotopic (exact) mass is 293 g/mol. The molecule has 1 aromatic carbocycles. The second-order valence-electron chi connectivity index (χ2n) is 4.96. The lowest BCUT2D eigenvalue weighted by molar-refractivity contribution is -0.133. The summed E-state index contributed by atoms with van der Waals surface area (Å²) in [5.41, 5.74) is 1.25. The van der Waals surface area contributed by atoms with Gasteiger partial charge in [-0.1, -0.05) is 30.3 Å². The number of aliphatic carboxylic acids is 1. The quantitative estimate of drug-likeness (QED) is 0.872. The molecule has 1 heterocycles. The molecule has 1 amide bonds. The highest BCUT2D eigenvalue weighted by Gasteiger charge is 2.28. The number of likely N-dealkylation sites (tertiary alicyclic amines) is 1. The fraction of sp³-hybridized carbons (Fsp3) is 0.467. The predicted octanol–water partition coefficient (Wildman–Crippen LogP) is 2.04. The first-order chi connectivity index (χ1) is 9.66. The van der Waals surface area contributed by atoms with Gasteiger partial charge >= 0.3 is 5.97 Å². The number of nitrogens with zero attached hydrogens (tertiary/aromatic N) is 1. The van der Waals surface area contributed by atoms with E-state index in [1.807, 2.05) is 23.1 Å². The van der Waals surface area contributed by atoms with Gasteiger partial charge in [0, 0.05) is 12.6 Å². The van der Waals surface area contributed by atoms with Crippen molar-refractivity contribution in [1.29, 1.82) is 0 Å². The molecule has 4 nitrogen and oxygen atoms in total. The van der Waals surface area contributed by atoms with Crippen molar-refractivity contribution in [3.63, 3.8) is 0 Å². The van der Waals surface area contributed by atoms with Crippen molar-refractivity contribution < 1.29 is 14.7 Å². The Morgan fingerprint density at radius 1 is 1.25 bits per heavy atom. The molecule has 108 valence electrons. The van der Waals surface area contributed by atoms with Crippen molar-refractivity contribution in [2.24, 2.45) is 0 Å². The van der Waals surface area contributed by atoms with E-state index in [0.717, 1.165) is 25.8 Å². The maximum Gasteiger partial charge on any atom is 0.313 e. The standard InChI is InChI=1S/C15H19NO3S/c17-14(10-20-11-15(18)19)16-8-4-7-13(16)9-12-5-2-1-3-6-12/h1-3,5-6,13H,4,7-11H2,(H,18,19). The number of hydrogen-bond donors (Lipinski definition) is 1. The summed E-state index contributed by atoms with van der Waals surface area (Å²) in [5, 5.41) is 8.59. The molecular weight excluding hydrogens is 274 g/mol. The first kappa shape index (κ1) is 14.9. The smallest absolute Gasteiger partial charge is 0.313 e. The zero-order valence-corrected chi connectivity index (χ0v) is 12.1. The number of hydrogen-bond acceptors (Lipinski definition) is 3. The Balaban J connectivity index is 1.87. The lowest BCUT2D eigenvalue weighted by Crippen LogP contribution is -2.38. The molecule has 1 unspecified atom stereocenters. The van der Waals surface area contributed by atoms with Crippen LogP contribution in [0.4, 0.5) is 0 Å². The second kappa shape index (κ2) is 7.33. The Hall–Kier alpha value is -1.49. The second-order valence-corrected chi connectivity index (χ2v) is 5.95. The lowest BCUT2D eigenvalue weighted by atomic mass is 10.0. The summed E-state index contributed by atoms with van der Waals surface area (Å²) >= 11 is 1.17. The van der Waals surface area contributed by atoms with Crippen LogP contribution in [0.1, 0.15) is 18.4 Å². The molecule has 1 aliphatic heterocycles. The zero-order chi connectivity index (χ0) is 14.4. The molecule has 0 spiro atoms. The van der Waals surface area contributed by atoms with Crippen LogP contribution in [-0.2, 0) is 16.0 Å². The van der Waals surface area contributed by atoms with Gasteiger partial charge in [-0.25, -0.2) is 0 Å². The van der Waals surface area contributed by atoms with Crippen LogP contribution in [0.2, 0.25) is 0 Å². The highest BCUT2D eigenvalue weighted by molar-refractivity contribution is 8.00. The van der Waals surface area contributed by atoms with Gasteiger partial charge in [0.1, 0.15) is 0 Å². The van der Waals surface area contributed by atoms with E-state index in [2.05, 4.69) is 12.1 Å². The van der Waals surface area contributed by atoms with E-state index in [0.29, 0.717) is 0 Å². The van der Waals surface area contributed by atoms with E-state index >= 15 is 0 Å². The Morgan fingerprint density at radius 3 is 2.70 bits per heavy atom. The fourth-order valence-corrected chi connectivity index (χ4v) is 3.19. The number of carboxylic acid groups (broad SMARTS) is 1. The molecule has 20 heavy (non-hydrogen) atoms. The van der Waals surface area contributed by atoms with Crippen LogP contribution in [0.25, 0.3) is 0 Å². The molecule has 1 aromatic rings. The summed E-state index contributed by atoms with van der Waals surface area (Å²) in [6, 6.07) is 10.4. The molecule has 1 fully saturated rings. The molecule has 0 aliphatic carbocycles. The van der Waals surface area contributed by atoms with Crippen molar-refractivity contribution in [3.05, 3.63) is 35.9 Å². The topological polar surface area (TPSA) is 57.6 Å². The molecule has 0 bridgehead atoms. The molecule has 0 saturated carbocycles. The molecule has 2 rings (SSSR count). The molecule has 0 aromatic heterocycles. The summed E-state index contributed by atoms with van der Waals surface area (Å²) < 4.78 is 0. The fourth-order valence-electron chi connectivity index (χ4n) is 2.57. The van der Waals surface area contributed by atoms with E-state index in [4.69, 9.17) is 5.11 Å². The highest BCUT2D eigenvalue weighted by atomic mass is 32.2. The van der Waals surface area contributed by atoms with E-state index in [1.54, 1.807) is 0 Å².